The van der Waals surface area contributed by atoms with Gasteiger partial charge >= 0.3 is 0 Å². The maximum atomic E-state index is 14.2. The lowest BCUT2D eigenvalue weighted by atomic mass is 10.0. The van der Waals surface area contributed by atoms with E-state index in [1.54, 1.807) is 18.2 Å². The van der Waals surface area contributed by atoms with Gasteiger partial charge in [0.05, 0.1) is 11.9 Å². The smallest absolute Gasteiger partial charge is 0.258 e. The van der Waals surface area contributed by atoms with Crippen LogP contribution in [0.2, 0.25) is 0 Å². The van der Waals surface area contributed by atoms with Crippen molar-refractivity contribution in [3.63, 3.8) is 0 Å². The number of nitrogens with zero attached hydrogens (tertiary/aromatic N) is 3. The fourth-order valence-electron chi connectivity index (χ4n) is 2.50. The lowest BCUT2D eigenvalue weighted by Crippen LogP contribution is -2.29. The number of benzene rings is 1. The molecule has 3 aromatic rings. The molecular formula is C17H13BrF3N3. The molecule has 0 saturated heterocycles. The van der Waals surface area contributed by atoms with Gasteiger partial charge < -0.3 is 0 Å². The van der Waals surface area contributed by atoms with Crippen molar-refractivity contribution in [1.82, 2.24) is 14.8 Å². The number of alkyl halides is 2. The van der Waals surface area contributed by atoms with Gasteiger partial charge in [-0.05, 0) is 45.8 Å². The lowest BCUT2D eigenvalue weighted by Gasteiger charge is -2.24. The third kappa shape index (κ3) is 3.51. The fraction of sp³-hybridized carbons (Fsp3) is 0.176. The summed E-state index contributed by atoms with van der Waals surface area (Å²) in [4.78, 5) is 4.29. The second-order valence-electron chi connectivity index (χ2n) is 5.46. The monoisotopic (exact) mass is 395 g/mol. The second-order valence-corrected chi connectivity index (χ2v) is 6.28. The van der Waals surface area contributed by atoms with Crippen LogP contribution in [0.3, 0.4) is 0 Å². The van der Waals surface area contributed by atoms with Gasteiger partial charge in [0.1, 0.15) is 16.5 Å². The van der Waals surface area contributed by atoms with E-state index in [0.29, 0.717) is 15.9 Å². The summed E-state index contributed by atoms with van der Waals surface area (Å²) in [5.74, 6) is -3.55. The topological polar surface area (TPSA) is 30.7 Å². The van der Waals surface area contributed by atoms with Gasteiger partial charge in [0, 0.05) is 18.7 Å². The molecule has 0 N–H and O–H groups in total. The van der Waals surface area contributed by atoms with E-state index in [4.69, 9.17) is 0 Å². The molecule has 0 aliphatic carbocycles. The van der Waals surface area contributed by atoms with E-state index in [9.17, 15) is 13.2 Å². The van der Waals surface area contributed by atoms with Crippen LogP contribution in [0.5, 0.6) is 0 Å². The van der Waals surface area contributed by atoms with Crippen LogP contribution < -0.4 is 0 Å². The molecule has 2 heterocycles. The second kappa shape index (κ2) is 6.39. The van der Waals surface area contributed by atoms with E-state index in [2.05, 4.69) is 26.0 Å². The Kier molecular flexibility index (Phi) is 4.45. The molecule has 3 nitrogen and oxygen atoms in total. The fourth-order valence-corrected chi connectivity index (χ4v) is 2.85. The third-order valence-electron chi connectivity index (χ3n) is 3.54. The van der Waals surface area contributed by atoms with Crippen molar-refractivity contribution in [3.05, 3.63) is 70.8 Å². The Balaban J connectivity index is 2.02. The molecule has 1 aromatic carbocycles. The number of hydrogen-bond donors (Lipinski definition) is 0. The highest BCUT2D eigenvalue weighted by Gasteiger charge is 2.37. The van der Waals surface area contributed by atoms with E-state index < -0.39 is 17.8 Å². The summed E-state index contributed by atoms with van der Waals surface area (Å²) in [5.41, 5.74) is 1.52. The minimum absolute atomic E-state index is 0.278. The molecule has 0 unspecified atom stereocenters. The lowest BCUT2D eigenvalue weighted by molar-refractivity contribution is -0.0217. The highest BCUT2D eigenvalue weighted by Crippen LogP contribution is 2.35. The zero-order chi connectivity index (χ0) is 17.3. The van der Waals surface area contributed by atoms with Gasteiger partial charge in [-0.3, -0.25) is 4.68 Å². The van der Waals surface area contributed by atoms with E-state index in [0.717, 1.165) is 19.1 Å². The molecule has 0 bridgehead atoms. The first-order valence-corrected chi connectivity index (χ1v) is 7.94. The molecule has 0 spiro atoms. The molecule has 1 atom stereocenters. The quantitative estimate of drug-likeness (QED) is 0.575. The van der Waals surface area contributed by atoms with E-state index in [-0.39, 0.29) is 5.56 Å². The van der Waals surface area contributed by atoms with Crippen LogP contribution in [0.4, 0.5) is 13.2 Å². The molecule has 2 aromatic heterocycles. The Morgan fingerprint density at radius 1 is 1.12 bits per heavy atom. The Bertz CT molecular complexity index is 841. The minimum atomic E-state index is -3.08. The first-order valence-electron chi connectivity index (χ1n) is 7.15. The average Bonchev–Trinajstić information content (AvgIpc) is 2.97. The molecule has 0 amide bonds. The molecule has 24 heavy (non-hydrogen) atoms. The van der Waals surface area contributed by atoms with Gasteiger partial charge in [0.15, 0.2) is 0 Å². The van der Waals surface area contributed by atoms with Crippen molar-refractivity contribution in [1.29, 1.82) is 0 Å². The van der Waals surface area contributed by atoms with Crippen molar-refractivity contribution in [2.75, 3.05) is 0 Å². The summed E-state index contributed by atoms with van der Waals surface area (Å²) in [5, 5.41) is 4.08. The largest absolute Gasteiger partial charge is 0.271 e. The molecule has 124 valence electrons. The first kappa shape index (κ1) is 16.7. The highest BCUT2D eigenvalue weighted by atomic mass is 79.9. The number of aromatic nitrogens is 3. The molecule has 3 rings (SSSR count). The molecule has 0 radical (unpaired) electrons. The number of rotatable bonds is 4. The zero-order valence-electron chi connectivity index (χ0n) is 12.6. The predicted molar refractivity (Wildman–Crippen MR) is 88.3 cm³/mol. The number of pyridine rings is 1. The summed E-state index contributed by atoms with van der Waals surface area (Å²) in [6.45, 7) is 0.819. The van der Waals surface area contributed by atoms with Crippen LogP contribution in [-0.2, 0) is 0 Å². The summed E-state index contributed by atoms with van der Waals surface area (Å²) in [7, 11) is 0. The highest BCUT2D eigenvalue weighted by molar-refractivity contribution is 9.10. The predicted octanol–water partition coefficient (Wildman–Crippen LogP) is 5.09. The van der Waals surface area contributed by atoms with Crippen molar-refractivity contribution in [2.45, 2.75) is 18.9 Å². The van der Waals surface area contributed by atoms with Gasteiger partial charge in [0.2, 0.25) is 0 Å². The third-order valence-corrected chi connectivity index (χ3v) is 3.98. The van der Waals surface area contributed by atoms with Crippen LogP contribution in [0, 0.1) is 5.82 Å². The molecular weight excluding hydrogens is 383 g/mol. The van der Waals surface area contributed by atoms with Crippen LogP contribution in [-0.4, -0.2) is 20.7 Å². The number of hydrogen-bond acceptors (Lipinski definition) is 2. The standard InChI is InChI=1S/C17H13BrF3N3/c1-17(20,21)16(11-5-7-13(19)8-6-11)24-10-12(9-22-24)14-3-2-4-15(18)23-14/h2-10,16H,1H3/t16-/m1/s1. The van der Waals surface area contributed by atoms with Crippen molar-refractivity contribution < 1.29 is 13.2 Å². The van der Waals surface area contributed by atoms with Crippen molar-refractivity contribution >= 4 is 15.9 Å². The van der Waals surface area contributed by atoms with Crippen LogP contribution in [0.15, 0.2) is 59.5 Å². The minimum Gasteiger partial charge on any atom is -0.258 e. The maximum absolute atomic E-state index is 14.2. The van der Waals surface area contributed by atoms with Crippen molar-refractivity contribution in [2.24, 2.45) is 0 Å². The Labute approximate surface area is 145 Å². The Morgan fingerprint density at radius 3 is 2.46 bits per heavy atom. The van der Waals surface area contributed by atoms with Gasteiger partial charge in [-0.2, -0.15) is 5.10 Å². The van der Waals surface area contributed by atoms with Crippen LogP contribution in [0.25, 0.3) is 11.3 Å². The SMILES string of the molecule is CC(F)(F)[C@@H](c1ccc(F)cc1)n1cc(-c2cccc(Br)n2)cn1. The maximum Gasteiger partial charge on any atom is 0.271 e. The Morgan fingerprint density at radius 2 is 1.83 bits per heavy atom. The molecule has 7 heteroatoms. The van der Waals surface area contributed by atoms with Crippen molar-refractivity contribution in [3.8, 4) is 11.3 Å². The zero-order valence-corrected chi connectivity index (χ0v) is 14.2. The molecule has 0 fully saturated rings. The average molecular weight is 396 g/mol. The molecule has 0 aliphatic rings. The first-order chi connectivity index (χ1) is 11.3. The number of halogens is 4. The Hall–Kier alpha value is -2.15. The summed E-state index contributed by atoms with van der Waals surface area (Å²) in [6, 6.07) is 9.02. The molecule has 0 aliphatic heterocycles. The summed E-state index contributed by atoms with van der Waals surface area (Å²) >= 11 is 3.28. The van der Waals surface area contributed by atoms with E-state index >= 15 is 0 Å². The van der Waals surface area contributed by atoms with Gasteiger partial charge in [-0.1, -0.05) is 18.2 Å². The van der Waals surface area contributed by atoms with Gasteiger partial charge in [0.25, 0.3) is 5.92 Å². The van der Waals surface area contributed by atoms with E-state index in [1.807, 2.05) is 0 Å². The van der Waals surface area contributed by atoms with E-state index in [1.165, 1.54) is 29.2 Å². The molecule has 0 saturated carbocycles. The van der Waals surface area contributed by atoms with Gasteiger partial charge in [-0.25, -0.2) is 18.2 Å². The van der Waals surface area contributed by atoms with Crippen LogP contribution in [0.1, 0.15) is 18.5 Å². The van der Waals surface area contributed by atoms with Gasteiger partial charge in [-0.15, -0.1) is 0 Å². The summed E-state index contributed by atoms with van der Waals surface area (Å²) in [6.07, 6.45) is 3.00. The van der Waals surface area contributed by atoms with Crippen LogP contribution >= 0.6 is 15.9 Å². The summed E-state index contributed by atoms with van der Waals surface area (Å²) < 4.78 is 43.2. The normalized spacial score (nSPS) is 13.0.